The van der Waals surface area contributed by atoms with Gasteiger partial charge in [-0.3, -0.25) is 10.1 Å². The third-order valence-corrected chi connectivity index (χ3v) is 7.57. The maximum atomic E-state index is 14.4. The number of carbonyl (C=O) groups excluding carboxylic acids is 1. The van der Waals surface area contributed by atoms with Gasteiger partial charge in [-0.2, -0.15) is 5.10 Å². The molecule has 4 aromatic rings. The van der Waals surface area contributed by atoms with E-state index in [9.17, 15) is 22.4 Å². The quantitative estimate of drug-likeness (QED) is 0.264. The molecule has 1 atom stereocenters. The number of benzene rings is 1. The number of fused-ring (bicyclic) bond motifs is 1. The van der Waals surface area contributed by atoms with Crippen molar-refractivity contribution < 1.29 is 31.8 Å². The number of alkyl halides is 3. The van der Waals surface area contributed by atoms with Crippen molar-refractivity contribution in [2.24, 2.45) is 5.92 Å². The molecule has 0 spiro atoms. The fourth-order valence-electron chi connectivity index (χ4n) is 4.83. The number of nitrogens with zero attached hydrogens (tertiary/aromatic N) is 4. The molecule has 0 bridgehead atoms. The number of rotatable bonds is 8. The lowest BCUT2D eigenvalue weighted by Crippen LogP contribution is -2.24. The Balaban J connectivity index is 1.17. The Labute approximate surface area is 224 Å². The van der Waals surface area contributed by atoms with Crippen LogP contribution in [-0.2, 0) is 16.0 Å². The van der Waals surface area contributed by atoms with Crippen LogP contribution in [0.1, 0.15) is 54.0 Å². The summed E-state index contributed by atoms with van der Waals surface area (Å²) in [6.45, 7) is 0. The molecule has 3 heterocycles. The lowest BCUT2D eigenvalue weighted by Gasteiger charge is -2.27. The summed E-state index contributed by atoms with van der Waals surface area (Å²) in [6.07, 6.45) is -0.0171. The highest BCUT2D eigenvalue weighted by atomic mass is 32.1. The molecule has 0 aliphatic heterocycles. The van der Waals surface area contributed by atoms with Crippen molar-refractivity contribution in [1.82, 2.24) is 25.4 Å². The summed E-state index contributed by atoms with van der Waals surface area (Å²) < 4.78 is 61.0. The summed E-state index contributed by atoms with van der Waals surface area (Å²) in [5.74, 6) is -1.63. The van der Waals surface area contributed by atoms with E-state index in [4.69, 9.17) is 4.74 Å². The molecule has 1 fully saturated rings. The number of H-pyrrole nitrogens is 1. The van der Waals surface area contributed by atoms with Gasteiger partial charge in [0.2, 0.25) is 5.13 Å². The standard InChI is InChI=1S/C25H24F4N6O3S/c1-37-21(17-12-16(6-7-18(17)26)38-25(27,28)29)23(36)31-24-35-33-20(39-24)10-13-2-4-14(5-3-13)19-11-15-8-9-30-22(15)34-32-19/h6-9,11-14,21H,2-5,10H2,1H3,(H,30,34)(H,31,35,36)/t13?,14?,21-/m1/s1. The fourth-order valence-corrected chi connectivity index (χ4v) is 5.69. The van der Waals surface area contributed by atoms with E-state index in [1.807, 2.05) is 12.3 Å². The predicted molar refractivity (Wildman–Crippen MR) is 134 cm³/mol. The summed E-state index contributed by atoms with van der Waals surface area (Å²) in [7, 11) is 1.14. The van der Waals surface area contributed by atoms with Crippen LogP contribution in [0.4, 0.5) is 22.7 Å². The zero-order valence-corrected chi connectivity index (χ0v) is 21.5. The summed E-state index contributed by atoms with van der Waals surface area (Å²) >= 11 is 1.19. The first-order valence-corrected chi connectivity index (χ1v) is 13.0. The number of hydrogen-bond donors (Lipinski definition) is 2. The number of aromatic amines is 1. The second-order valence-corrected chi connectivity index (χ2v) is 10.4. The molecule has 1 aliphatic rings. The van der Waals surface area contributed by atoms with Crippen molar-refractivity contribution in [3.63, 3.8) is 0 Å². The monoisotopic (exact) mass is 564 g/mol. The van der Waals surface area contributed by atoms with Crippen molar-refractivity contribution in [2.75, 3.05) is 12.4 Å². The SMILES string of the molecule is CO[C@@H](C(=O)Nc1nnc(CC2CCC(c3cc4cc[nH]c4nn3)CC2)s1)c1cc(OC(F)(F)F)ccc1F. The van der Waals surface area contributed by atoms with Crippen LogP contribution in [-0.4, -0.2) is 44.8 Å². The van der Waals surface area contributed by atoms with Gasteiger partial charge in [-0.1, -0.05) is 11.3 Å². The van der Waals surface area contributed by atoms with Crippen LogP contribution in [0.15, 0.2) is 36.5 Å². The third kappa shape index (κ3) is 6.50. The minimum Gasteiger partial charge on any atom is -0.406 e. The van der Waals surface area contributed by atoms with Crippen LogP contribution in [0, 0.1) is 11.7 Å². The maximum Gasteiger partial charge on any atom is 0.573 e. The molecular formula is C25H24F4N6O3S. The lowest BCUT2D eigenvalue weighted by molar-refractivity contribution is -0.274. The van der Waals surface area contributed by atoms with Crippen LogP contribution >= 0.6 is 11.3 Å². The Morgan fingerprint density at radius 3 is 2.67 bits per heavy atom. The highest BCUT2D eigenvalue weighted by Crippen LogP contribution is 2.37. The number of halogens is 4. The van der Waals surface area contributed by atoms with Gasteiger partial charge >= 0.3 is 6.36 Å². The van der Waals surface area contributed by atoms with Gasteiger partial charge in [0.05, 0.1) is 5.69 Å². The van der Waals surface area contributed by atoms with Crippen molar-refractivity contribution in [2.45, 2.75) is 50.5 Å². The molecule has 2 N–H and O–H groups in total. The summed E-state index contributed by atoms with van der Waals surface area (Å²) in [5.41, 5.74) is 1.37. The Kier molecular flexibility index (Phi) is 7.75. The molecule has 1 aromatic carbocycles. The average molecular weight is 565 g/mol. The number of methoxy groups -OCH3 is 1. The van der Waals surface area contributed by atoms with Gasteiger partial charge < -0.3 is 14.5 Å². The van der Waals surface area contributed by atoms with E-state index in [0.29, 0.717) is 18.3 Å². The number of amides is 1. The van der Waals surface area contributed by atoms with Gasteiger partial charge in [-0.25, -0.2) is 4.39 Å². The molecule has 0 unspecified atom stereocenters. The van der Waals surface area contributed by atoms with Crippen LogP contribution in [0.3, 0.4) is 0 Å². The molecule has 206 valence electrons. The summed E-state index contributed by atoms with van der Waals surface area (Å²) in [6, 6.07) is 6.44. The highest BCUT2D eigenvalue weighted by molar-refractivity contribution is 7.15. The number of carbonyl (C=O) groups is 1. The zero-order chi connectivity index (χ0) is 27.6. The van der Waals surface area contributed by atoms with Crippen molar-refractivity contribution >= 4 is 33.4 Å². The average Bonchev–Trinajstić information content (AvgIpc) is 3.54. The van der Waals surface area contributed by atoms with E-state index >= 15 is 0 Å². The van der Waals surface area contributed by atoms with Crippen molar-refractivity contribution in [3.05, 3.63) is 58.6 Å². The predicted octanol–water partition coefficient (Wildman–Crippen LogP) is 5.69. The minimum absolute atomic E-state index is 0.184. The first kappa shape index (κ1) is 26.9. The molecule has 14 heteroatoms. The Bertz CT molecular complexity index is 1450. The Morgan fingerprint density at radius 2 is 1.92 bits per heavy atom. The highest BCUT2D eigenvalue weighted by Gasteiger charge is 2.33. The molecule has 9 nitrogen and oxygen atoms in total. The fraction of sp³-hybridized carbons (Fsp3) is 0.400. The maximum absolute atomic E-state index is 14.4. The van der Waals surface area contributed by atoms with Crippen LogP contribution < -0.4 is 10.1 Å². The van der Waals surface area contributed by atoms with Crippen LogP contribution in [0.25, 0.3) is 11.0 Å². The Morgan fingerprint density at radius 1 is 1.13 bits per heavy atom. The topological polar surface area (TPSA) is 115 Å². The van der Waals surface area contributed by atoms with Gasteiger partial charge in [-0.05, 0) is 61.9 Å². The largest absolute Gasteiger partial charge is 0.573 e. The minimum atomic E-state index is -4.97. The van der Waals surface area contributed by atoms with E-state index in [1.54, 1.807) is 0 Å². The number of hydrogen-bond acceptors (Lipinski definition) is 8. The second-order valence-electron chi connectivity index (χ2n) is 9.31. The third-order valence-electron chi connectivity index (χ3n) is 6.71. The molecule has 39 heavy (non-hydrogen) atoms. The smallest absolute Gasteiger partial charge is 0.406 e. The van der Waals surface area contributed by atoms with Gasteiger partial charge in [-0.15, -0.1) is 28.5 Å². The summed E-state index contributed by atoms with van der Waals surface area (Å²) in [5, 5.41) is 21.3. The van der Waals surface area contributed by atoms with E-state index in [2.05, 4.69) is 41.5 Å². The number of aromatic nitrogens is 5. The van der Waals surface area contributed by atoms with Gasteiger partial charge in [0.25, 0.3) is 5.91 Å². The first-order valence-electron chi connectivity index (χ1n) is 12.2. The van der Waals surface area contributed by atoms with E-state index in [0.717, 1.165) is 72.7 Å². The lowest BCUT2D eigenvalue weighted by atomic mass is 9.79. The summed E-state index contributed by atoms with van der Waals surface area (Å²) in [4.78, 5) is 15.8. The second kappa shape index (κ2) is 11.2. The van der Waals surface area contributed by atoms with E-state index in [-0.39, 0.29) is 5.13 Å². The molecule has 3 aromatic heterocycles. The molecule has 0 saturated heterocycles. The Hall–Kier alpha value is -3.65. The van der Waals surface area contributed by atoms with Crippen molar-refractivity contribution in [3.8, 4) is 5.75 Å². The molecule has 1 saturated carbocycles. The van der Waals surface area contributed by atoms with Gasteiger partial charge in [0, 0.05) is 36.6 Å². The number of ether oxygens (including phenoxy) is 2. The molecule has 1 aliphatic carbocycles. The first-order chi connectivity index (χ1) is 18.7. The molecule has 1 amide bonds. The van der Waals surface area contributed by atoms with Crippen molar-refractivity contribution in [1.29, 1.82) is 0 Å². The van der Waals surface area contributed by atoms with Gasteiger partial charge in [0.1, 0.15) is 16.6 Å². The normalized spacial score (nSPS) is 18.7. The van der Waals surface area contributed by atoms with E-state index < -0.39 is 35.5 Å². The van der Waals surface area contributed by atoms with Crippen LogP contribution in [0.5, 0.6) is 5.75 Å². The number of anilines is 1. The molecule has 0 radical (unpaired) electrons. The van der Waals surface area contributed by atoms with Crippen LogP contribution in [0.2, 0.25) is 0 Å². The molecule has 5 rings (SSSR count). The molecular weight excluding hydrogens is 540 g/mol. The van der Waals surface area contributed by atoms with E-state index in [1.165, 1.54) is 11.3 Å². The van der Waals surface area contributed by atoms with Gasteiger partial charge in [0.15, 0.2) is 11.8 Å². The number of nitrogens with one attached hydrogen (secondary N) is 2. The zero-order valence-electron chi connectivity index (χ0n) is 20.7.